The molecule has 11 aromatic rings. The summed E-state index contributed by atoms with van der Waals surface area (Å²) in [6.45, 7) is 0. The number of furan rings is 2. The van der Waals surface area contributed by atoms with Crippen molar-refractivity contribution in [3.63, 3.8) is 0 Å². The molecule has 0 radical (unpaired) electrons. The Labute approximate surface area is 282 Å². The van der Waals surface area contributed by atoms with Crippen LogP contribution in [0.2, 0.25) is 0 Å². The van der Waals surface area contributed by atoms with Crippen LogP contribution in [0, 0.1) is 0 Å². The normalized spacial score (nSPS) is 12.1. The second kappa shape index (κ2) is 10.1. The summed E-state index contributed by atoms with van der Waals surface area (Å²) in [4.78, 5) is 7.11. The fourth-order valence-corrected chi connectivity index (χ4v) is 8.32. The minimum Gasteiger partial charge on any atom is -0.456 e. The van der Waals surface area contributed by atoms with Gasteiger partial charge >= 0.3 is 0 Å². The predicted octanol–water partition coefficient (Wildman–Crippen LogP) is 13.1. The molecule has 7 aromatic carbocycles. The number of para-hydroxylation sites is 1. The number of anilines is 3. The summed E-state index contributed by atoms with van der Waals surface area (Å²) in [5, 5.41) is 6.76. The molecule has 4 aromatic heterocycles. The standard InChI is InChI=1S/C43H24N2O3S/c1-2-8-25(9-3-1)43-44-35-23-34-30-17-14-27(21-38(30)47-39(34)24-40(35)48-43)45(26-16-19-37-33(20-26)29-10-4-6-12-36(29)46-37)28-15-18-32-31-11-5-7-13-41(31)49-42(32)22-28/h1-24H. The van der Waals surface area contributed by atoms with Gasteiger partial charge in [-0.1, -0.05) is 60.7 Å². The van der Waals surface area contributed by atoms with Crippen LogP contribution >= 0.6 is 11.3 Å². The van der Waals surface area contributed by atoms with E-state index < -0.39 is 0 Å². The van der Waals surface area contributed by atoms with Gasteiger partial charge in [0.2, 0.25) is 5.89 Å². The Balaban J connectivity index is 1.10. The second-order valence-corrected chi connectivity index (χ2v) is 13.5. The monoisotopic (exact) mass is 648 g/mol. The third-order valence-corrected chi connectivity index (χ3v) is 10.6. The van der Waals surface area contributed by atoms with Crippen molar-refractivity contribution in [2.24, 2.45) is 0 Å². The Kier molecular flexibility index (Phi) is 5.48. The maximum absolute atomic E-state index is 6.54. The first-order valence-electron chi connectivity index (χ1n) is 16.2. The van der Waals surface area contributed by atoms with E-state index in [0.29, 0.717) is 11.5 Å². The van der Waals surface area contributed by atoms with Crippen molar-refractivity contribution in [2.45, 2.75) is 0 Å². The van der Waals surface area contributed by atoms with Gasteiger partial charge in [-0.3, -0.25) is 0 Å². The summed E-state index contributed by atoms with van der Waals surface area (Å²) in [5.74, 6) is 0.600. The number of rotatable bonds is 4. The van der Waals surface area contributed by atoms with Crippen LogP contribution in [0.3, 0.4) is 0 Å². The molecular formula is C43H24N2O3S. The molecule has 0 spiro atoms. The van der Waals surface area contributed by atoms with Crippen molar-refractivity contribution in [1.29, 1.82) is 0 Å². The summed E-state index contributed by atoms with van der Waals surface area (Å²) < 4.78 is 21.4. The van der Waals surface area contributed by atoms with Crippen molar-refractivity contribution >= 4 is 104 Å². The van der Waals surface area contributed by atoms with Crippen LogP contribution in [0.15, 0.2) is 159 Å². The van der Waals surface area contributed by atoms with Crippen molar-refractivity contribution in [3.05, 3.63) is 146 Å². The van der Waals surface area contributed by atoms with Gasteiger partial charge in [0, 0.05) is 76.5 Å². The lowest BCUT2D eigenvalue weighted by atomic mass is 10.1. The molecule has 0 fully saturated rings. The molecule has 230 valence electrons. The van der Waals surface area contributed by atoms with Gasteiger partial charge in [0.1, 0.15) is 27.8 Å². The van der Waals surface area contributed by atoms with Crippen molar-refractivity contribution in [2.75, 3.05) is 4.90 Å². The topological polar surface area (TPSA) is 55.6 Å². The molecule has 0 bridgehead atoms. The zero-order chi connectivity index (χ0) is 32.1. The van der Waals surface area contributed by atoms with Crippen LogP contribution in [-0.4, -0.2) is 4.98 Å². The highest BCUT2D eigenvalue weighted by Gasteiger charge is 2.20. The van der Waals surface area contributed by atoms with Crippen LogP contribution in [-0.2, 0) is 0 Å². The van der Waals surface area contributed by atoms with E-state index in [4.69, 9.17) is 18.2 Å². The molecule has 6 heteroatoms. The molecule has 0 amide bonds. The number of aromatic nitrogens is 1. The number of thiophene rings is 1. The Morgan fingerprint density at radius 1 is 0.408 bits per heavy atom. The fourth-order valence-electron chi connectivity index (χ4n) is 7.18. The average Bonchev–Trinajstić information content (AvgIpc) is 3.91. The van der Waals surface area contributed by atoms with E-state index in [0.717, 1.165) is 72.0 Å². The summed E-state index contributed by atoms with van der Waals surface area (Å²) in [6, 6.07) is 50.4. The largest absolute Gasteiger partial charge is 0.456 e. The molecule has 0 N–H and O–H groups in total. The molecule has 0 aliphatic carbocycles. The van der Waals surface area contributed by atoms with E-state index in [1.807, 2.05) is 59.9 Å². The van der Waals surface area contributed by atoms with Crippen molar-refractivity contribution < 1.29 is 13.3 Å². The Morgan fingerprint density at radius 2 is 1.04 bits per heavy atom. The Hall–Kier alpha value is -6.37. The maximum atomic E-state index is 6.54. The predicted molar refractivity (Wildman–Crippen MR) is 202 cm³/mol. The van der Waals surface area contributed by atoms with Crippen LogP contribution in [0.4, 0.5) is 17.1 Å². The summed E-state index contributed by atoms with van der Waals surface area (Å²) in [7, 11) is 0. The second-order valence-electron chi connectivity index (χ2n) is 12.4. The lowest BCUT2D eigenvalue weighted by molar-refractivity contribution is 0.617. The van der Waals surface area contributed by atoms with E-state index in [9.17, 15) is 0 Å². The van der Waals surface area contributed by atoms with Gasteiger partial charge in [-0.25, -0.2) is 4.98 Å². The molecule has 0 unspecified atom stereocenters. The number of hydrogen-bond donors (Lipinski definition) is 0. The van der Waals surface area contributed by atoms with E-state index in [1.54, 1.807) is 0 Å². The van der Waals surface area contributed by atoms with Crippen molar-refractivity contribution in [3.8, 4) is 11.5 Å². The van der Waals surface area contributed by atoms with Gasteiger partial charge in [0.25, 0.3) is 0 Å². The van der Waals surface area contributed by atoms with E-state index in [2.05, 4.69) is 102 Å². The zero-order valence-corrected chi connectivity index (χ0v) is 26.7. The van der Waals surface area contributed by atoms with Gasteiger partial charge in [-0.15, -0.1) is 11.3 Å². The van der Waals surface area contributed by atoms with Gasteiger partial charge in [0.15, 0.2) is 5.58 Å². The SMILES string of the molecule is c1ccc(-c2nc3cc4c(cc3o2)oc2cc(N(c3ccc5c(c3)sc3ccccc35)c3ccc5oc6ccccc6c5c3)ccc24)cc1. The van der Waals surface area contributed by atoms with E-state index in [-0.39, 0.29) is 0 Å². The number of oxazole rings is 1. The molecule has 0 aliphatic heterocycles. The third-order valence-electron chi connectivity index (χ3n) is 9.48. The highest BCUT2D eigenvalue weighted by atomic mass is 32.1. The minimum absolute atomic E-state index is 0.600. The quantitative estimate of drug-likeness (QED) is 0.190. The average molecular weight is 649 g/mol. The summed E-state index contributed by atoms with van der Waals surface area (Å²) in [5.41, 5.74) is 8.85. The summed E-state index contributed by atoms with van der Waals surface area (Å²) in [6.07, 6.45) is 0. The number of benzene rings is 7. The fraction of sp³-hybridized carbons (Fsp3) is 0. The molecular weight excluding hydrogens is 625 g/mol. The molecule has 0 atom stereocenters. The highest BCUT2D eigenvalue weighted by Crippen LogP contribution is 2.44. The number of fused-ring (bicyclic) bond motifs is 10. The van der Waals surface area contributed by atoms with E-state index in [1.165, 1.54) is 20.2 Å². The smallest absolute Gasteiger partial charge is 0.227 e. The molecule has 49 heavy (non-hydrogen) atoms. The maximum Gasteiger partial charge on any atom is 0.227 e. The Bertz CT molecular complexity index is 3070. The molecule has 5 nitrogen and oxygen atoms in total. The summed E-state index contributed by atoms with van der Waals surface area (Å²) >= 11 is 1.82. The third kappa shape index (κ3) is 4.08. The van der Waals surface area contributed by atoms with Crippen LogP contribution < -0.4 is 4.90 Å². The minimum atomic E-state index is 0.600. The van der Waals surface area contributed by atoms with Crippen LogP contribution in [0.1, 0.15) is 0 Å². The highest BCUT2D eigenvalue weighted by molar-refractivity contribution is 7.25. The molecule has 4 heterocycles. The lowest BCUT2D eigenvalue weighted by Gasteiger charge is -2.25. The Morgan fingerprint density at radius 3 is 1.96 bits per heavy atom. The van der Waals surface area contributed by atoms with E-state index >= 15 is 0 Å². The molecule has 0 saturated carbocycles. The molecule has 0 aliphatic rings. The van der Waals surface area contributed by atoms with Crippen molar-refractivity contribution in [1.82, 2.24) is 4.98 Å². The molecule has 11 rings (SSSR count). The van der Waals surface area contributed by atoms with Crippen LogP contribution in [0.25, 0.3) is 86.6 Å². The van der Waals surface area contributed by atoms with Gasteiger partial charge in [0.05, 0.1) is 0 Å². The lowest BCUT2D eigenvalue weighted by Crippen LogP contribution is -2.09. The first-order chi connectivity index (χ1) is 24.2. The van der Waals surface area contributed by atoms with Gasteiger partial charge in [-0.05, 0) is 72.8 Å². The van der Waals surface area contributed by atoms with Gasteiger partial charge < -0.3 is 18.2 Å². The van der Waals surface area contributed by atoms with Crippen LogP contribution in [0.5, 0.6) is 0 Å². The first-order valence-corrected chi connectivity index (χ1v) is 17.0. The van der Waals surface area contributed by atoms with Gasteiger partial charge in [-0.2, -0.15) is 0 Å². The number of nitrogens with zero attached hydrogens (tertiary/aromatic N) is 2. The number of hydrogen-bond acceptors (Lipinski definition) is 6. The molecule has 0 saturated heterocycles. The first kappa shape index (κ1) is 26.7. The zero-order valence-electron chi connectivity index (χ0n) is 25.9.